The van der Waals surface area contributed by atoms with Crippen molar-refractivity contribution >= 4 is 0 Å². The summed E-state index contributed by atoms with van der Waals surface area (Å²) in [5.41, 5.74) is 0. The van der Waals surface area contributed by atoms with Crippen LogP contribution in [0.15, 0.2) is 24.3 Å². The first kappa shape index (κ1) is 18.1. The largest absolute Gasteiger partial charge is 0.489 e. The summed E-state index contributed by atoms with van der Waals surface area (Å²) < 4.78 is 18.9. The van der Waals surface area contributed by atoms with E-state index in [1.165, 1.54) is 6.07 Å². The van der Waals surface area contributed by atoms with Gasteiger partial charge in [0.15, 0.2) is 11.6 Å². The Morgan fingerprint density at radius 1 is 1.26 bits per heavy atom. The number of ether oxygens (including phenoxy) is 1. The summed E-state index contributed by atoms with van der Waals surface area (Å²) in [4.78, 5) is 6.62. The number of benzene rings is 1. The molecule has 1 aromatic carbocycles. The maximum atomic E-state index is 13.4. The van der Waals surface area contributed by atoms with Gasteiger partial charge in [0.1, 0.15) is 6.61 Å². The highest BCUT2D eigenvalue weighted by atomic mass is 19.1. The van der Waals surface area contributed by atoms with Crippen LogP contribution in [0.2, 0.25) is 0 Å². The third-order valence-electron chi connectivity index (χ3n) is 4.15. The summed E-state index contributed by atoms with van der Waals surface area (Å²) in [5, 5.41) is 10.2. The molecule has 1 N–H and O–H groups in total. The highest BCUT2D eigenvalue weighted by Gasteiger charge is 2.17. The highest BCUT2D eigenvalue weighted by Crippen LogP contribution is 2.15. The fourth-order valence-electron chi connectivity index (χ4n) is 2.71. The number of halogens is 1. The molecule has 0 aromatic heterocycles. The van der Waals surface area contributed by atoms with Crippen molar-refractivity contribution in [2.75, 3.05) is 66.5 Å². The van der Waals surface area contributed by atoms with E-state index in [2.05, 4.69) is 16.8 Å². The number of rotatable bonds is 8. The lowest BCUT2D eigenvalue weighted by molar-refractivity contribution is 0.0581. The number of aliphatic hydroxyl groups excluding tert-OH is 1. The first-order valence-corrected chi connectivity index (χ1v) is 8.19. The Bertz CT molecular complexity index is 467. The van der Waals surface area contributed by atoms with E-state index in [-0.39, 0.29) is 17.7 Å². The molecule has 0 radical (unpaired) electrons. The maximum Gasteiger partial charge on any atom is 0.165 e. The molecule has 1 aliphatic heterocycles. The molecule has 0 aliphatic carbocycles. The molecule has 1 unspecified atom stereocenters. The lowest BCUT2D eigenvalue weighted by Gasteiger charge is -2.34. The predicted octanol–water partition coefficient (Wildman–Crippen LogP) is 0.745. The minimum absolute atomic E-state index is 0.277. The Morgan fingerprint density at radius 3 is 2.65 bits per heavy atom. The molecule has 1 atom stereocenters. The molecule has 1 fully saturated rings. The summed E-state index contributed by atoms with van der Waals surface area (Å²) in [6.07, 6.45) is -0.378. The fourth-order valence-corrected chi connectivity index (χ4v) is 2.71. The van der Waals surface area contributed by atoms with Crippen molar-refractivity contribution in [1.29, 1.82) is 0 Å². The van der Waals surface area contributed by atoms with Gasteiger partial charge >= 0.3 is 0 Å². The predicted molar refractivity (Wildman–Crippen MR) is 89.3 cm³/mol. The highest BCUT2D eigenvalue weighted by molar-refractivity contribution is 5.23. The van der Waals surface area contributed by atoms with Gasteiger partial charge in [0.05, 0.1) is 6.10 Å². The van der Waals surface area contributed by atoms with E-state index in [1.54, 1.807) is 18.2 Å². The molecule has 130 valence electrons. The Labute approximate surface area is 138 Å². The van der Waals surface area contributed by atoms with E-state index in [0.717, 1.165) is 26.2 Å². The molecule has 0 bridgehead atoms. The van der Waals surface area contributed by atoms with Crippen LogP contribution in [0.5, 0.6) is 5.75 Å². The van der Waals surface area contributed by atoms with Gasteiger partial charge in [-0.15, -0.1) is 0 Å². The van der Waals surface area contributed by atoms with Crippen molar-refractivity contribution in [3.63, 3.8) is 0 Å². The fraction of sp³-hybridized carbons (Fsp3) is 0.647. The Kier molecular flexibility index (Phi) is 7.23. The van der Waals surface area contributed by atoms with Crippen molar-refractivity contribution in [2.45, 2.75) is 6.10 Å². The lowest BCUT2D eigenvalue weighted by atomic mass is 10.2. The van der Waals surface area contributed by atoms with Crippen LogP contribution in [0.1, 0.15) is 0 Å². The van der Waals surface area contributed by atoms with Gasteiger partial charge in [-0.2, -0.15) is 0 Å². The van der Waals surface area contributed by atoms with Crippen LogP contribution < -0.4 is 4.74 Å². The second-order valence-electron chi connectivity index (χ2n) is 6.30. The zero-order chi connectivity index (χ0) is 16.7. The molecule has 0 amide bonds. The Morgan fingerprint density at radius 2 is 1.96 bits per heavy atom. The van der Waals surface area contributed by atoms with E-state index in [1.807, 2.05) is 11.9 Å². The van der Waals surface area contributed by atoms with Gasteiger partial charge < -0.3 is 19.6 Å². The van der Waals surface area contributed by atoms with E-state index in [0.29, 0.717) is 26.2 Å². The molecular formula is C17H28FN3O2. The number of hydrogen-bond acceptors (Lipinski definition) is 5. The van der Waals surface area contributed by atoms with Crippen LogP contribution >= 0.6 is 0 Å². The third kappa shape index (κ3) is 6.43. The lowest BCUT2D eigenvalue weighted by Crippen LogP contribution is -2.48. The van der Waals surface area contributed by atoms with E-state index < -0.39 is 0 Å². The van der Waals surface area contributed by atoms with Crippen molar-refractivity contribution in [3.05, 3.63) is 30.1 Å². The number of piperazine rings is 1. The molecular weight excluding hydrogens is 297 g/mol. The first-order valence-electron chi connectivity index (χ1n) is 8.19. The van der Waals surface area contributed by atoms with E-state index >= 15 is 0 Å². The average Bonchev–Trinajstić information content (AvgIpc) is 2.51. The Hall–Kier alpha value is -1.21. The molecule has 2 rings (SSSR count). The van der Waals surface area contributed by atoms with Crippen LogP contribution in [0.25, 0.3) is 0 Å². The number of para-hydroxylation sites is 1. The molecule has 0 saturated carbocycles. The second-order valence-corrected chi connectivity index (χ2v) is 6.30. The van der Waals surface area contributed by atoms with Gasteiger partial charge in [-0.25, -0.2) is 4.39 Å². The number of likely N-dealkylation sites (N-methyl/N-ethyl adjacent to an activating group) is 2. The molecule has 23 heavy (non-hydrogen) atoms. The summed E-state index contributed by atoms with van der Waals surface area (Å²) in [5.74, 6) is -0.0656. The van der Waals surface area contributed by atoms with Gasteiger partial charge in [-0.05, 0) is 26.2 Å². The summed E-state index contributed by atoms with van der Waals surface area (Å²) >= 11 is 0. The van der Waals surface area contributed by atoms with Crippen molar-refractivity contribution in [3.8, 4) is 5.75 Å². The molecule has 5 nitrogen and oxygen atoms in total. The minimum atomic E-state index is -0.378. The van der Waals surface area contributed by atoms with E-state index in [9.17, 15) is 9.50 Å². The van der Waals surface area contributed by atoms with Crippen LogP contribution in [0.4, 0.5) is 4.39 Å². The SMILES string of the molecule is CN1CCN(CC(O)CN(C)CCOc2ccccc2F)CC1. The minimum Gasteiger partial charge on any atom is -0.489 e. The van der Waals surface area contributed by atoms with Crippen LogP contribution in [-0.2, 0) is 0 Å². The third-order valence-corrected chi connectivity index (χ3v) is 4.15. The quantitative estimate of drug-likeness (QED) is 0.763. The number of nitrogens with zero attached hydrogens (tertiary/aromatic N) is 3. The van der Waals surface area contributed by atoms with Crippen molar-refractivity contribution in [1.82, 2.24) is 14.7 Å². The molecule has 1 saturated heterocycles. The van der Waals surface area contributed by atoms with Gasteiger partial charge in [0.2, 0.25) is 0 Å². The van der Waals surface area contributed by atoms with Crippen LogP contribution in [0.3, 0.4) is 0 Å². The topological polar surface area (TPSA) is 39.2 Å². The zero-order valence-corrected chi connectivity index (χ0v) is 14.1. The van der Waals surface area contributed by atoms with Crippen LogP contribution in [-0.4, -0.2) is 92.4 Å². The van der Waals surface area contributed by atoms with Crippen molar-refractivity contribution in [2.24, 2.45) is 0 Å². The summed E-state index contributed by atoms with van der Waals surface area (Å²) in [6.45, 7) is 6.46. The van der Waals surface area contributed by atoms with Crippen LogP contribution in [0, 0.1) is 5.82 Å². The number of aliphatic hydroxyl groups is 1. The maximum absolute atomic E-state index is 13.4. The monoisotopic (exact) mass is 325 g/mol. The van der Waals surface area contributed by atoms with Gasteiger partial charge in [0, 0.05) is 45.8 Å². The molecule has 6 heteroatoms. The van der Waals surface area contributed by atoms with Crippen molar-refractivity contribution < 1.29 is 14.2 Å². The number of β-amino-alcohol motifs (C(OH)–C–C–N with tert-alkyl or cyclic N) is 1. The van der Waals surface area contributed by atoms with Gasteiger partial charge in [-0.1, -0.05) is 12.1 Å². The normalized spacial score (nSPS) is 18.3. The average molecular weight is 325 g/mol. The Balaban J connectivity index is 1.62. The first-order chi connectivity index (χ1) is 11.0. The molecule has 1 heterocycles. The van der Waals surface area contributed by atoms with Gasteiger partial charge in [-0.3, -0.25) is 4.90 Å². The second kappa shape index (κ2) is 9.17. The zero-order valence-electron chi connectivity index (χ0n) is 14.1. The standard InChI is InChI=1S/C17H28FN3O2/c1-19-7-9-21(10-8-19)14-15(22)13-20(2)11-12-23-17-6-4-3-5-16(17)18/h3-6,15,22H,7-14H2,1-2H3. The smallest absolute Gasteiger partial charge is 0.165 e. The number of hydrogen-bond donors (Lipinski definition) is 1. The van der Waals surface area contributed by atoms with E-state index in [4.69, 9.17) is 4.74 Å². The molecule has 0 spiro atoms. The molecule has 1 aliphatic rings. The summed E-state index contributed by atoms with van der Waals surface area (Å²) in [7, 11) is 4.06. The molecule has 1 aromatic rings. The summed E-state index contributed by atoms with van der Waals surface area (Å²) in [6, 6.07) is 6.40. The van der Waals surface area contributed by atoms with Gasteiger partial charge in [0.25, 0.3) is 0 Å².